The fourth-order valence-electron chi connectivity index (χ4n) is 2.75. The van der Waals surface area contributed by atoms with E-state index in [1.807, 2.05) is 43.7 Å². The maximum atomic E-state index is 4.63. The van der Waals surface area contributed by atoms with Crippen LogP contribution in [0.5, 0.6) is 0 Å². The maximum absolute atomic E-state index is 4.63. The highest BCUT2D eigenvalue weighted by Gasteiger charge is 2.24. The lowest BCUT2D eigenvalue weighted by atomic mass is 10.0. The average Bonchev–Trinajstić information content (AvgIpc) is 2.56. The Labute approximate surface area is 143 Å². The summed E-state index contributed by atoms with van der Waals surface area (Å²) in [5.41, 5.74) is 2.35. The van der Waals surface area contributed by atoms with Crippen LogP contribution < -0.4 is 10.2 Å². The quantitative estimate of drug-likeness (QED) is 0.914. The first-order chi connectivity index (χ1) is 10.7. The summed E-state index contributed by atoms with van der Waals surface area (Å²) in [5.74, 6) is 0.757. The van der Waals surface area contributed by atoms with E-state index in [0.29, 0.717) is 6.04 Å². The second kappa shape index (κ2) is 8.19. The van der Waals surface area contributed by atoms with E-state index in [1.165, 1.54) is 5.56 Å². The van der Waals surface area contributed by atoms with Gasteiger partial charge in [-0.3, -0.25) is 9.88 Å². The van der Waals surface area contributed by atoms with Gasteiger partial charge in [-0.05, 0) is 23.8 Å². The highest BCUT2D eigenvalue weighted by molar-refractivity contribution is 5.85. The Hall–Kier alpha value is -1.76. The van der Waals surface area contributed by atoms with Gasteiger partial charge in [-0.25, -0.2) is 9.97 Å². The first kappa shape index (κ1) is 17.6. The van der Waals surface area contributed by atoms with Crippen molar-refractivity contribution in [2.75, 3.05) is 38.6 Å². The number of piperazine rings is 1. The van der Waals surface area contributed by atoms with Gasteiger partial charge in [-0.1, -0.05) is 0 Å². The minimum Gasteiger partial charge on any atom is -0.347 e. The van der Waals surface area contributed by atoms with Crippen molar-refractivity contribution in [3.63, 3.8) is 0 Å². The second-order valence-corrected chi connectivity index (χ2v) is 5.71. The van der Waals surface area contributed by atoms with Gasteiger partial charge in [0.25, 0.3) is 0 Å². The summed E-state index contributed by atoms with van der Waals surface area (Å²) in [6, 6.07) is 6.54. The Morgan fingerprint density at radius 1 is 1.22 bits per heavy atom. The van der Waals surface area contributed by atoms with E-state index >= 15 is 0 Å². The molecule has 124 valence electrons. The molecule has 6 nitrogen and oxygen atoms in total. The van der Waals surface area contributed by atoms with E-state index in [0.717, 1.165) is 37.8 Å². The zero-order chi connectivity index (χ0) is 15.4. The number of nitrogens with one attached hydrogen (secondary N) is 1. The van der Waals surface area contributed by atoms with Gasteiger partial charge in [0.15, 0.2) is 0 Å². The highest BCUT2D eigenvalue weighted by Crippen LogP contribution is 2.23. The van der Waals surface area contributed by atoms with Crippen molar-refractivity contribution in [2.45, 2.75) is 12.6 Å². The minimum absolute atomic E-state index is 0. The Morgan fingerprint density at radius 2 is 2.00 bits per heavy atom. The van der Waals surface area contributed by atoms with Crippen LogP contribution in [-0.2, 0) is 6.54 Å². The standard InChI is InChI=1S/C16H22N6.ClH/c1-21(2)16-19-8-5-14(20-16)12-22-10-9-18-11-15(22)13-3-6-17-7-4-13;/h3-8,15,18H,9-12H2,1-2H3;1H. The van der Waals surface area contributed by atoms with E-state index in [1.54, 1.807) is 0 Å². The molecule has 0 aliphatic carbocycles. The average molecular weight is 335 g/mol. The van der Waals surface area contributed by atoms with Crippen molar-refractivity contribution < 1.29 is 0 Å². The molecule has 1 fully saturated rings. The van der Waals surface area contributed by atoms with Gasteiger partial charge in [-0.15, -0.1) is 12.4 Å². The van der Waals surface area contributed by atoms with Crippen molar-refractivity contribution in [1.29, 1.82) is 0 Å². The molecular weight excluding hydrogens is 312 g/mol. The van der Waals surface area contributed by atoms with Crippen LogP contribution in [0.25, 0.3) is 0 Å². The van der Waals surface area contributed by atoms with E-state index in [9.17, 15) is 0 Å². The van der Waals surface area contributed by atoms with Crippen molar-refractivity contribution in [3.05, 3.63) is 48.0 Å². The molecule has 0 bridgehead atoms. The molecule has 0 aromatic carbocycles. The first-order valence-electron chi connectivity index (χ1n) is 7.58. The van der Waals surface area contributed by atoms with Gasteiger partial charge in [0.05, 0.1) is 5.69 Å². The summed E-state index contributed by atoms with van der Waals surface area (Å²) in [6.07, 6.45) is 5.55. The van der Waals surface area contributed by atoms with Crippen LogP contribution in [-0.4, -0.2) is 53.6 Å². The molecule has 0 amide bonds. The van der Waals surface area contributed by atoms with Gasteiger partial charge >= 0.3 is 0 Å². The van der Waals surface area contributed by atoms with Crippen molar-refractivity contribution in [3.8, 4) is 0 Å². The van der Waals surface area contributed by atoms with Crippen LogP contribution in [0.4, 0.5) is 5.95 Å². The first-order valence-corrected chi connectivity index (χ1v) is 7.58. The maximum Gasteiger partial charge on any atom is 0.225 e. The Morgan fingerprint density at radius 3 is 2.74 bits per heavy atom. The van der Waals surface area contributed by atoms with Crippen LogP contribution in [0, 0.1) is 0 Å². The van der Waals surface area contributed by atoms with Gasteiger partial charge in [0.1, 0.15) is 0 Å². The van der Waals surface area contributed by atoms with E-state index < -0.39 is 0 Å². The van der Waals surface area contributed by atoms with Gasteiger partial charge in [0.2, 0.25) is 5.95 Å². The SMILES string of the molecule is CN(C)c1nccc(CN2CCNCC2c2ccncc2)n1.Cl. The normalized spacial score (nSPS) is 18.3. The summed E-state index contributed by atoms with van der Waals surface area (Å²) in [7, 11) is 3.92. The summed E-state index contributed by atoms with van der Waals surface area (Å²) >= 11 is 0. The third-order valence-electron chi connectivity index (χ3n) is 3.91. The van der Waals surface area contributed by atoms with Crippen LogP contribution in [0.15, 0.2) is 36.8 Å². The zero-order valence-electron chi connectivity index (χ0n) is 13.5. The van der Waals surface area contributed by atoms with Crippen LogP contribution in [0.3, 0.4) is 0 Å². The molecule has 3 heterocycles. The number of rotatable bonds is 4. The van der Waals surface area contributed by atoms with Crippen LogP contribution >= 0.6 is 12.4 Å². The van der Waals surface area contributed by atoms with E-state index in [2.05, 4.69) is 37.3 Å². The predicted octanol–water partition coefficient (Wildman–Crippen LogP) is 1.51. The summed E-state index contributed by atoms with van der Waals surface area (Å²) < 4.78 is 0. The summed E-state index contributed by atoms with van der Waals surface area (Å²) in [6.45, 7) is 3.80. The molecule has 2 aromatic rings. The fourth-order valence-corrected chi connectivity index (χ4v) is 2.75. The third-order valence-corrected chi connectivity index (χ3v) is 3.91. The van der Waals surface area contributed by atoms with Crippen LogP contribution in [0.2, 0.25) is 0 Å². The molecule has 1 N–H and O–H groups in total. The largest absolute Gasteiger partial charge is 0.347 e. The lowest BCUT2D eigenvalue weighted by Gasteiger charge is -2.36. The third kappa shape index (κ3) is 4.37. The number of halogens is 1. The monoisotopic (exact) mass is 334 g/mol. The summed E-state index contributed by atoms with van der Waals surface area (Å²) in [4.78, 5) is 17.4. The van der Waals surface area contributed by atoms with Gasteiger partial charge in [-0.2, -0.15) is 0 Å². The van der Waals surface area contributed by atoms with Crippen molar-refractivity contribution in [2.24, 2.45) is 0 Å². The molecule has 0 saturated carbocycles. The van der Waals surface area contributed by atoms with Gasteiger partial charge < -0.3 is 10.2 Å². The molecule has 1 aliphatic heterocycles. The number of hydrogen-bond acceptors (Lipinski definition) is 6. The van der Waals surface area contributed by atoms with E-state index in [4.69, 9.17) is 0 Å². The lowest BCUT2D eigenvalue weighted by Crippen LogP contribution is -2.45. The van der Waals surface area contributed by atoms with Gasteiger partial charge in [0, 0.05) is 64.9 Å². The molecule has 3 rings (SSSR count). The number of pyridine rings is 1. The molecule has 1 atom stereocenters. The number of anilines is 1. The van der Waals surface area contributed by atoms with Crippen molar-refractivity contribution in [1.82, 2.24) is 25.2 Å². The molecular formula is C16H23ClN6. The highest BCUT2D eigenvalue weighted by atomic mass is 35.5. The number of nitrogens with zero attached hydrogens (tertiary/aromatic N) is 5. The molecule has 1 unspecified atom stereocenters. The molecule has 1 aliphatic rings. The number of hydrogen-bond donors (Lipinski definition) is 1. The summed E-state index contributed by atoms with van der Waals surface area (Å²) in [5, 5.41) is 3.48. The Bertz CT molecular complexity index is 607. The molecule has 1 saturated heterocycles. The molecule has 7 heteroatoms. The fraction of sp³-hybridized carbons (Fsp3) is 0.438. The number of aromatic nitrogens is 3. The zero-order valence-corrected chi connectivity index (χ0v) is 14.3. The molecule has 0 radical (unpaired) electrons. The molecule has 0 spiro atoms. The smallest absolute Gasteiger partial charge is 0.225 e. The molecule has 23 heavy (non-hydrogen) atoms. The lowest BCUT2D eigenvalue weighted by molar-refractivity contribution is 0.152. The Kier molecular flexibility index (Phi) is 6.27. The second-order valence-electron chi connectivity index (χ2n) is 5.71. The predicted molar refractivity (Wildman–Crippen MR) is 93.9 cm³/mol. The van der Waals surface area contributed by atoms with Crippen LogP contribution in [0.1, 0.15) is 17.3 Å². The Balaban J connectivity index is 0.00000192. The van der Waals surface area contributed by atoms with E-state index in [-0.39, 0.29) is 12.4 Å². The minimum atomic E-state index is 0. The molecule has 2 aromatic heterocycles. The topological polar surface area (TPSA) is 57.2 Å². The van der Waals surface area contributed by atoms with Crippen molar-refractivity contribution >= 4 is 18.4 Å².